The fraction of sp³-hybridized carbons (Fsp3) is 0.312. The van der Waals surface area contributed by atoms with E-state index in [2.05, 4.69) is 41.5 Å². The van der Waals surface area contributed by atoms with Crippen LogP contribution in [-0.4, -0.2) is 9.85 Å². The normalized spacial score (nSPS) is 11.6. The van der Waals surface area contributed by atoms with Gasteiger partial charge >= 0.3 is 0 Å². The first kappa shape index (κ1) is 28.5. The SMILES string of the molecule is Cc1c(C)c(C)c(/C=C/c2cc(/C=C/c3c(C)c(C)c(C)c(C)c3C)c([N+](=O)[O-])cc2[N+](=O)[O-])c(C)c1C. The van der Waals surface area contributed by atoms with Crippen LogP contribution in [0.2, 0.25) is 0 Å². The van der Waals surface area contributed by atoms with Crippen molar-refractivity contribution in [3.63, 3.8) is 0 Å². The maximum absolute atomic E-state index is 11.9. The topological polar surface area (TPSA) is 86.3 Å². The van der Waals surface area contributed by atoms with Gasteiger partial charge in [0.25, 0.3) is 11.4 Å². The molecule has 6 heteroatoms. The first-order valence-electron chi connectivity index (χ1n) is 12.7. The smallest absolute Gasteiger partial charge is 0.258 e. The van der Waals surface area contributed by atoms with Crippen molar-refractivity contribution in [2.24, 2.45) is 0 Å². The van der Waals surface area contributed by atoms with E-state index in [0.717, 1.165) is 39.4 Å². The molecule has 38 heavy (non-hydrogen) atoms. The van der Waals surface area contributed by atoms with E-state index in [-0.39, 0.29) is 11.4 Å². The number of nitro groups is 2. The van der Waals surface area contributed by atoms with Crippen LogP contribution in [0.15, 0.2) is 12.1 Å². The number of hydrogen-bond acceptors (Lipinski definition) is 4. The Morgan fingerprint density at radius 3 is 0.974 bits per heavy atom. The minimum absolute atomic E-state index is 0.296. The summed E-state index contributed by atoms with van der Waals surface area (Å²) in [6.45, 7) is 20.7. The molecule has 0 heterocycles. The highest BCUT2D eigenvalue weighted by molar-refractivity contribution is 5.84. The zero-order valence-corrected chi connectivity index (χ0v) is 24.0. The van der Waals surface area contributed by atoms with Gasteiger partial charge in [-0.25, -0.2) is 0 Å². The van der Waals surface area contributed by atoms with Crippen LogP contribution in [-0.2, 0) is 0 Å². The van der Waals surface area contributed by atoms with Crippen molar-refractivity contribution in [1.82, 2.24) is 0 Å². The standard InChI is InChI=1S/C32H36N2O4/c1-17-19(3)23(7)29(24(8)20(17)4)13-11-27-15-28(32(34(37)38)16-31(27)33(35)36)12-14-30-25(9)21(5)18(2)22(6)26(30)10/h11-16H,1-10H3/b13-11+,14-12+. The Bertz CT molecular complexity index is 1390. The fourth-order valence-electron chi connectivity index (χ4n) is 5.10. The molecule has 6 nitrogen and oxygen atoms in total. The van der Waals surface area contributed by atoms with Crippen molar-refractivity contribution in [2.45, 2.75) is 69.2 Å². The van der Waals surface area contributed by atoms with Crippen molar-refractivity contribution >= 4 is 35.7 Å². The minimum atomic E-state index is -0.563. The third-order valence-corrected chi connectivity index (χ3v) is 8.54. The molecule has 0 unspecified atom stereocenters. The van der Waals surface area contributed by atoms with Gasteiger partial charge in [-0.2, -0.15) is 0 Å². The molecule has 0 saturated heterocycles. The maximum atomic E-state index is 11.9. The van der Waals surface area contributed by atoms with E-state index in [1.165, 1.54) is 33.4 Å². The number of nitrogens with zero attached hydrogens (tertiary/aromatic N) is 2. The van der Waals surface area contributed by atoms with Gasteiger partial charge < -0.3 is 0 Å². The molecule has 0 aliphatic rings. The molecule has 0 saturated carbocycles. The van der Waals surface area contributed by atoms with Crippen LogP contribution in [0.1, 0.15) is 77.9 Å². The Balaban J connectivity index is 2.24. The highest BCUT2D eigenvalue weighted by atomic mass is 16.6. The van der Waals surface area contributed by atoms with Crippen LogP contribution in [0, 0.1) is 89.5 Å². The van der Waals surface area contributed by atoms with Gasteiger partial charge in [-0.15, -0.1) is 0 Å². The lowest BCUT2D eigenvalue weighted by atomic mass is 9.89. The molecule has 198 valence electrons. The summed E-state index contributed by atoms with van der Waals surface area (Å²) in [5.74, 6) is 0. The van der Waals surface area contributed by atoms with Gasteiger partial charge in [0.2, 0.25) is 0 Å². The summed E-state index contributed by atoms with van der Waals surface area (Å²) in [4.78, 5) is 22.7. The summed E-state index contributed by atoms with van der Waals surface area (Å²) in [5, 5.41) is 23.8. The highest BCUT2D eigenvalue weighted by Gasteiger charge is 2.23. The monoisotopic (exact) mass is 512 g/mol. The summed E-state index contributed by atoms with van der Waals surface area (Å²) < 4.78 is 0. The number of nitro benzene ring substituents is 2. The maximum Gasteiger partial charge on any atom is 0.283 e. The van der Waals surface area contributed by atoms with E-state index >= 15 is 0 Å². The van der Waals surface area contributed by atoms with Crippen LogP contribution < -0.4 is 0 Å². The Kier molecular flexibility index (Phi) is 8.06. The summed E-state index contributed by atoms with van der Waals surface area (Å²) in [6, 6.07) is 2.61. The van der Waals surface area contributed by atoms with Crippen molar-refractivity contribution < 1.29 is 9.85 Å². The Morgan fingerprint density at radius 2 is 0.711 bits per heavy atom. The number of hydrogen-bond donors (Lipinski definition) is 0. The fourth-order valence-corrected chi connectivity index (χ4v) is 5.10. The van der Waals surface area contributed by atoms with Gasteiger partial charge in [0.1, 0.15) is 0 Å². The molecule has 0 N–H and O–H groups in total. The second-order valence-corrected chi connectivity index (χ2v) is 10.2. The molecule has 3 rings (SSSR count). The summed E-state index contributed by atoms with van der Waals surface area (Å²) >= 11 is 0. The average Bonchev–Trinajstić information content (AvgIpc) is 2.88. The molecular formula is C32H36N2O4. The van der Waals surface area contributed by atoms with E-state index in [1.807, 2.05) is 39.8 Å². The molecule has 0 bridgehead atoms. The van der Waals surface area contributed by atoms with Gasteiger partial charge in [-0.1, -0.05) is 12.2 Å². The number of benzene rings is 3. The molecule has 0 amide bonds. The van der Waals surface area contributed by atoms with Crippen molar-refractivity contribution in [1.29, 1.82) is 0 Å². The van der Waals surface area contributed by atoms with Crippen LogP contribution in [0.4, 0.5) is 11.4 Å². The summed E-state index contributed by atoms with van der Waals surface area (Å²) in [6.07, 6.45) is 7.15. The average molecular weight is 513 g/mol. The Labute approximate surface area is 225 Å². The highest BCUT2D eigenvalue weighted by Crippen LogP contribution is 2.34. The van der Waals surface area contributed by atoms with Gasteiger partial charge in [-0.3, -0.25) is 20.2 Å². The van der Waals surface area contributed by atoms with Crippen molar-refractivity contribution in [2.75, 3.05) is 0 Å². The van der Waals surface area contributed by atoms with Crippen molar-refractivity contribution in [3.05, 3.63) is 110 Å². The van der Waals surface area contributed by atoms with Gasteiger partial charge in [-0.05, 0) is 154 Å². The van der Waals surface area contributed by atoms with Crippen LogP contribution in [0.3, 0.4) is 0 Å². The third-order valence-electron chi connectivity index (χ3n) is 8.54. The lowest BCUT2D eigenvalue weighted by Crippen LogP contribution is -2.00. The second kappa shape index (κ2) is 10.7. The third kappa shape index (κ3) is 5.03. The zero-order chi connectivity index (χ0) is 28.6. The van der Waals surface area contributed by atoms with E-state index in [9.17, 15) is 20.2 Å². The molecule has 3 aromatic rings. The van der Waals surface area contributed by atoms with E-state index in [0.29, 0.717) is 11.1 Å². The van der Waals surface area contributed by atoms with E-state index in [4.69, 9.17) is 0 Å². The lowest BCUT2D eigenvalue weighted by molar-refractivity contribution is -0.394. The first-order valence-corrected chi connectivity index (χ1v) is 12.7. The quantitative estimate of drug-likeness (QED) is 0.187. The predicted molar refractivity (Wildman–Crippen MR) is 158 cm³/mol. The molecule has 3 aromatic carbocycles. The molecule has 0 aromatic heterocycles. The predicted octanol–water partition coefficient (Wildman–Crippen LogP) is 8.93. The first-order chi connectivity index (χ1) is 17.7. The molecule has 0 aliphatic heterocycles. The van der Waals surface area contributed by atoms with Crippen molar-refractivity contribution in [3.8, 4) is 0 Å². The van der Waals surface area contributed by atoms with Gasteiger partial charge in [0, 0.05) is 0 Å². The Hall–Kier alpha value is -4.06. The summed E-state index contributed by atoms with van der Waals surface area (Å²) in [5.41, 5.74) is 13.7. The van der Waals surface area contributed by atoms with E-state index < -0.39 is 9.85 Å². The Morgan fingerprint density at radius 1 is 0.447 bits per heavy atom. The summed E-state index contributed by atoms with van der Waals surface area (Å²) in [7, 11) is 0. The van der Waals surface area contributed by atoms with E-state index in [1.54, 1.807) is 18.2 Å². The molecule has 0 radical (unpaired) electrons. The van der Waals surface area contributed by atoms with Gasteiger partial charge in [0.05, 0.1) is 27.0 Å². The van der Waals surface area contributed by atoms with Crippen LogP contribution in [0.25, 0.3) is 24.3 Å². The van der Waals surface area contributed by atoms with Crippen LogP contribution >= 0.6 is 0 Å². The minimum Gasteiger partial charge on any atom is -0.258 e. The zero-order valence-electron chi connectivity index (χ0n) is 24.0. The van der Waals surface area contributed by atoms with Gasteiger partial charge in [0.15, 0.2) is 0 Å². The molecule has 0 spiro atoms. The van der Waals surface area contributed by atoms with Crippen LogP contribution in [0.5, 0.6) is 0 Å². The molecular weight excluding hydrogens is 476 g/mol. The second-order valence-electron chi connectivity index (χ2n) is 10.2. The lowest BCUT2D eigenvalue weighted by Gasteiger charge is -2.16. The molecule has 0 aliphatic carbocycles. The largest absolute Gasteiger partial charge is 0.283 e. The number of rotatable bonds is 6. The molecule has 0 atom stereocenters. The molecule has 0 fully saturated rings.